The summed E-state index contributed by atoms with van der Waals surface area (Å²) in [5.74, 6) is 1.13. The number of allylic oxidation sites excluding steroid dienone is 2. The van der Waals surface area contributed by atoms with E-state index >= 15 is 0 Å². The van der Waals surface area contributed by atoms with Gasteiger partial charge in [0.2, 0.25) is 0 Å². The van der Waals surface area contributed by atoms with E-state index in [1.807, 2.05) is 0 Å². The van der Waals surface area contributed by atoms with Gasteiger partial charge in [-0.05, 0) is 55.4 Å². The molecule has 16 heavy (non-hydrogen) atoms. The molecule has 0 aromatic rings. The minimum atomic E-state index is -0.271. The molecule has 0 spiro atoms. The Balaban J connectivity index is 2.15. The van der Waals surface area contributed by atoms with Crippen molar-refractivity contribution in [3.05, 3.63) is 23.8 Å². The molecule has 1 saturated carbocycles. The second-order valence-corrected chi connectivity index (χ2v) is 6.18. The summed E-state index contributed by atoms with van der Waals surface area (Å²) in [7, 11) is 0. The summed E-state index contributed by atoms with van der Waals surface area (Å²) >= 11 is 0. The van der Waals surface area contributed by atoms with Gasteiger partial charge in [-0.3, -0.25) is 0 Å². The maximum absolute atomic E-state index is 10.3. The van der Waals surface area contributed by atoms with E-state index in [0.29, 0.717) is 17.3 Å². The number of aliphatic hydroxyl groups is 1. The molecular weight excluding hydrogens is 196 g/mol. The van der Waals surface area contributed by atoms with Crippen molar-refractivity contribution >= 4 is 0 Å². The molecule has 3 atom stereocenters. The molecule has 0 unspecified atom stereocenters. The van der Waals surface area contributed by atoms with E-state index < -0.39 is 0 Å². The molecule has 90 valence electrons. The molecule has 0 bridgehead atoms. The van der Waals surface area contributed by atoms with Gasteiger partial charge in [0.1, 0.15) is 0 Å². The molecule has 2 rings (SSSR count). The van der Waals surface area contributed by atoms with Crippen LogP contribution in [-0.4, -0.2) is 11.2 Å². The zero-order valence-electron chi connectivity index (χ0n) is 10.8. The van der Waals surface area contributed by atoms with Crippen LogP contribution in [0.5, 0.6) is 0 Å². The van der Waals surface area contributed by atoms with Crippen molar-refractivity contribution in [2.24, 2.45) is 17.3 Å². The Morgan fingerprint density at radius 1 is 1.38 bits per heavy atom. The van der Waals surface area contributed by atoms with Crippen LogP contribution in [0.25, 0.3) is 0 Å². The third-order valence-electron chi connectivity index (χ3n) is 4.71. The molecule has 0 aromatic heterocycles. The summed E-state index contributed by atoms with van der Waals surface area (Å²) in [4.78, 5) is 0. The molecular formula is C15H24O. The fourth-order valence-electron chi connectivity index (χ4n) is 3.36. The summed E-state index contributed by atoms with van der Waals surface area (Å²) in [6.45, 7) is 10.9. The predicted octanol–water partition coefficient (Wildman–Crippen LogP) is 3.70. The van der Waals surface area contributed by atoms with Gasteiger partial charge in [0.25, 0.3) is 0 Å². The molecule has 0 amide bonds. The number of hydrogen-bond acceptors (Lipinski definition) is 1. The Morgan fingerprint density at radius 3 is 2.75 bits per heavy atom. The van der Waals surface area contributed by atoms with Crippen LogP contribution in [0.1, 0.15) is 46.5 Å². The lowest BCUT2D eigenvalue weighted by Crippen LogP contribution is -2.16. The SMILES string of the molecule is C=C1CC/C=C(/C)CC[C@@H]2[C@@H]([C@H]1O)C2(C)C. The quantitative estimate of drug-likeness (QED) is 0.617. The molecule has 0 saturated heterocycles. The van der Waals surface area contributed by atoms with Crippen LogP contribution in [0.2, 0.25) is 0 Å². The topological polar surface area (TPSA) is 20.2 Å². The van der Waals surface area contributed by atoms with Crippen molar-refractivity contribution in [1.29, 1.82) is 0 Å². The van der Waals surface area contributed by atoms with Crippen molar-refractivity contribution in [1.82, 2.24) is 0 Å². The van der Waals surface area contributed by atoms with E-state index in [-0.39, 0.29) is 6.10 Å². The monoisotopic (exact) mass is 220 g/mol. The largest absolute Gasteiger partial charge is 0.388 e. The van der Waals surface area contributed by atoms with Gasteiger partial charge < -0.3 is 5.11 Å². The lowest BCUT2D eigenvalue weighted by molar-refractivity contribution is 0.164. The van der Waals surface area contributed by atoms with Gasteiger partial charge in [0.05, 0.1) is 6.10 Å². The van der Waals surface area contributed by atoms with Gasteiger partial charge >= 0.3 is 0 Å². The van der Waals surface area contributed by atoms with Crippen LogP contribution in [0.4, 0.5) is 0 Å². The first-order valence-corrected chi connectivity index (χ1v) is 6.46. The summed E-state index contributed by atoms with van der Waals surface area (Å²) in [6.07, 6.45) is 6.45. The van der Waals surface area contributed by atoms with Crippen LogP contribution in [0.15, 0.2) is 23.8 Å². The molecule has 0 aromatic carbocycles. The van der Waals surface area contributed by atoms with Gasteiger partial charge in [-0.2, -0.15) is 0 Å². The van der Waals surface area contributed by atoms with Gasteiger partial charge in [0, 0.05) is 0 Å². The molecule has 1 nitrogen and oxygen atoms in total. The lowest BCUT2D eigenvalue weighted by atomic mass is 9.96. The number of hydrogen-bond donors (Lipinski definition) is 1. The standard InChI is InChI=1S/C15H24O/c1-10-6-5-7-11(2)14(16)13-12(9-8-10)15(13,3)4/h6,12-14,16H,2,5,7-9H2,1,3-4H3/b10-6-/t12-,13+,14+/m1/s1. The molecule has 0 aliphatic heterocycles. The van der Waals surface area contributed by atoms with Gasteiger partial charge in [0.15, 0.2) is 0 Å². The smallest absolute Gasteiger partial charge is 0.0783 e. The summed E-state index contributed by atoms with van der Waals surface area (Å²) in [5, 5.41) is 10.3. The molecule has 1 heteroatoms. The van der Waals surface area contributed by atoms with Crippen molar-refractivity contribution < 1.29 is 5.11 Å². The minimum Gasteiger partial charge on any atom is -0.388 e. The maximum Gasteiger partial charge on any atom is 0.0783 e. The normalized spacial score (nSPS) is 41.9. The van der Waals surface area contributed by atoms with Gasteiger partial charge in [-0.25, -0.2) is 0 Å². The average Bonchev–Trinajstić information content (AvgIpc) is 2.75. The van der Waals surface area contributed by atoms with Crippen LogP contribution >= 0.6 is 0 Å². The third kappa shape index (κ3) is 1.98. The molecule has 2 aliphatic rings. The highest BCUT2D eigenvalue weighted by Gasteiger charge is 2.60. The molecule has 1 fully saturated rings. The molecule has 0 radical (unpaired) electrons. The number of aliphatic hydroxyl groups excluding tert-OH is 1. The molecule has 0 heterocycles. The first kappa shape index (κ1) is 11.9. The fourth-order valence-corrected chi connectivity index (χ4v) is 3.36. The summed E-state index contributed by atoms with van der Waals surface area (Å²) < 4.78 is 0. The number of rotatable bonds is 0. The highest BCUT2D eigenvalue weighted by Crippen LogP contribution is 2.63. The van der Waals surface area contributed by atoms with E-state index in [0.717, 1.165) is 18.4 Å². The maximum atomic E-state index is 10.3. The zero-order chi connectivity index (χ0) is 11.9. The first-order valence-electron chi connectivity index (χ1n) is 6.46. The highest BCUT2D eigenvalue weighted by molar-refractivity contribution is 5.19. The van der Waals surface area contributed by atoms with Crippen molar-refractivity contribution in [2.45, 2.75) is 52.6 Å². The van der Waals surface area contributed by atoms with E-state index in [1.165, 1.54) is 18.4 Å². The Labute approximate surface area is 99.3 Å². The van der Waals surface area contributed by atoms with E-state index in [9.17, 15) is 5.11 Å². The van der Waals surface area contributed by atoms with Crippen LogP contribution in [-0.2, 0) is 0 Å². The van der Waals surface area contributed by atoms with E-state index in [4.69, 9.17) is 0 Å². The van der Waals surface area contributed by atoms with Crippen LogP contribution < -0.4 is 0 Å². The minimum absolute atomic E-state index is 0.271. The molecule has 1 N–H and O–H groups in total. The Kier molecular flexibility index (Phi) is 3.00. The Hall–Kier alpha value is -0.560. The van der Waals surface area contributed by atoms with Crippen molar-refractivity contribution in [2.75, 3.05) is 0 Å². The highest BCUT2D eigenvalue weighted by atomic mass is 16.3. The lowest BCUT2D eigenvalue weighted by Gasteiger charge is -2.15. The number of fused-ring (bicyclic) bond motifs is 1. The first-order chi connectivity index (χ1) is 7.44. The Bertz CT molecular complexity index is 324. The van der Waals surface area contributed by atoms with E-state index in [2.05, 4.69) is 33.4 Å². The average molecular weight is 220 g/mol. The Morgan fingerprint density at radius 2 is 2.06 bits per heavy atom. The zero-order valence-corrected chi connectivity index (χ0v) is 10.8. The van der Waals surface area contributed by atoms with Crippen molar-refractivity contribution in [3.8, 4) is 0 Å². The van der Waals surface area contributed by atoms with Gasteiger partial charge in [-0.15, -0.1) is 0 Å². The fraction of sp³-hybridized carbons (Fsp3) is 0.733. The van der Waals surface area contributed by atoms with E-state index in [1.54, 1.807) is 0 Å². The summed E-state index contributed by atoms with van der Waals surface area (Å²) in [6, 6.07) is 0. The predicted molar refractivity (Wildman–Crippen MR) is 68.1 cm³/mol. The van der Waals surface area contributed by atoms with Crippen molar-refractivity contribution in [3.63, 3.8) is 0 Å². The van der Waals surface area contributed by atoms with Gasteiger partial charge in [-0.1, -0.05) is 32.1 Å². The second-order valence-electron chi connectivity index (χ2n) is 6.18. The van der Waals surface area contributed by atoms with Crippen LogP contribution in [0.3, 0.4) is 0 Å². The summed E-state index contributed by atoms with van der Waals surface area (Å²) in [5.41, 5.74) is 2.85. The second kappa shape index (κ2) is 4.03. The van der Waals surface area contributed by atoms with Crippen LogP contribution in [0, 0.1) is 17.3 Å². The third-order valence-corrected chi connectivity index (χ3v) is 4.71. The molecule has 2 aliphatic carbocycles.